The Bertz CT molecular complexity index is 950. The summed E-state index contributed by atoms with van der Waals surface area (Å²) < 4.78 is 10.7. The van der Waals surface area contributed by atoms with Crippen LogP contribution in [0, 0.1) is 5.41 Å². The van der Waals surface area contributed by atoms with Gasteiger partial charge in [0.15, 0.2) is 17.3 Å². The van der Waals surface area contributed by atoms with E-state index in [4.69, 9.17) is 9.47 Å². The Morgan fingerprint density at radius 3 is 2.38 bits per heavy atom. The highest BCUT2D eigenvalue weighted by Crippen LogP contribution is 2.60. The molecule has 6 heteroatoms. The average molecular weight is 356 g/mol. The molecule has 3 aliphatic rings. The Hall–Kier alpha value is -2.63. The smallest absolute Gasteiger partial charge is 0.321 e. The number of hydrogen-bond donors (Lipinski definition) is 1. The minimum Gasteiger partial charge on any atom is -0.504 e. The van der Waals surface area contributed by atoms with E-state index in [1.54, 1.807) is 26.8 Å². The maximum atomic E-state index is 13.1. The van der Waals surface area contributed by atoms with Crippen LogP contribution in [0.25, 0.3) is 0 Å². The lowest BCUT2D eigenvalue weighted by atomic mass is 9.59. The van der Waals surface area contributed by atoms with Gasteiger partial charge < -0.3 is 14.6 Å². The molecule has 26 heavy (non-hydrogen) atoms. The first-order valence-electron chi connectivity index (χ1n) is 8.63. The second-order valence-corrected chi connectivity index (χ2v) is 8.25. The first kappa shape index (κ1) is 16.8. The van der Waals surface area contributed by atoms with Crippen LogP contribution in [0.1, 0.15) is 68.4 Å². The summed E-state index contributed by atoms with van der Waals surface area (Å²) in [7, 11) is 0. The zero-order valence-electron chi connectivity index (χ0n) is 15.4. The minimum absolute atomic E-state index is 0.0102. The van der Waals surface area contributed by atoms with Crippen molar-refractivity contribution in [1.82, 2.24) is 0 Å². The van der Waals surface area contributed by atoms with Crippen molar-refractivity contribution in [2.24, 2.45) is 5.41 Å². The van der Waals surface area contributed by atoms with Crippen LogP contribution >= 0.6 is 0 Å². The molecular weight excluding hydrogens is 336 g/mol. The first-order chi connectivity index (χ1) is 12.0. The third-order valence-electron chi connectivity index (χ3n) is 5.73. The lowest BCUT2D eigenvalue weighted by Gasteiger charge is -2.42. The molecule has 0 aromatic heterocycles. The maximum absolute atomic E-state index is 13.1. The van der Waals surface area contributed by atoms with Crippen LogP contribution in [-0.2, 0) is 19.7 Å². The van der Waals surface area contributed by atoms with Crippen LogP contribution in [0.15, 0.2) is 17.4 Å². The van der Waals surface area contributed by atoms with E-state index in [-0.39, 0.29) is 29.6 Å². The van der Waals surface area contributed by atoms with Gasteiger partial charge in [0.25, 0.3) is 0 Å². The molecule has 6 nitrogen and oxygen atoms in total. The van der Waals surface area contributed by atoms with E-state index in [9.17, 15) is 19.5 Å². The van der Waals surface area contributed by atoms with E-state index >= 15 is 0 Å². The van der Waals surface area contributed by atoms with E-state index in [0.717, 1.165) is 0 Å². The van der Waals surface area contributed by atoms with Crippen LogP contribution < -0.4 is 4.74 Å². The summed E-state index contributed by atoms with van der Waals surface area (Å²) in [6, 6.07) is 1.63. The molecule has 1 aromatic rings. The minimum atomic E-state index is -1.04. The van der Waals surface area contributed by atoms with Gasteiger partial charge in [-0.05, 0) is 25.8 Å². The van der Waals surface area contributed by atoms with Gasteiger partial charge in [-0.25, -0.2) is 0 Å². The maximum Gasteiger partial charge on any atom is 0.321 e. The summed E-state index contributed by atoms with van der Waals surface area (Å²) in [6.45, 7) is 8.91. The van der Waals surface area contributed by atoms with E-state index < -0.39 is 28.6 Å². The molecule has 0 unspecified atom stereocenters. The van der Waals surface area contributed by atoms with Crippen molar-refractivity contribution in [2.75, 3.05) is 0 Å². The number of Topliss-reactive ketones (excluding diaryl/α,β-unsaturated/α-hetero) is 1. The van der Waals surface area contributed by atoms with Gasteiger partial charge in [0.05, 0.1) is 11.8 Å². The van der Waals surface area contributed by atoms with Crippen molar-refractivity contribution >= 4 is 17.7 Å². The summed E-state index contributed by atoms with van der Waals surface area (Å²) in [4.78, 5) is 37.9. The number of ketones is 1. The van der Waals surface area contributed by atoms with Gasteiger partial charge >= 0.3 is 11.9 Å². The van der Waals surface area contributed by atoms with Crippen molar-refractivity contribution in [2.45, 2.75) is 52.4 Å². The Kier molecular flexibility index (Phi) is 3.07. The van der Waals surface area contributed by atoms with Crippen molar-refractivity contribution in [3.05, 3.63) is 34.1 Å². The first-order valence-corrected chi connectivity index (χ1v) is 8.63. The van der Waals surface area contributed by atoms with E-state index in [1.807, 2.05) is 13.8 Å². The Morgan fingerprint density at radius 1 is 1.12 bits per heavy atom. The molecule has 4 rings (SSSR count). The molecule has 2 aliphatic heterocycles. The van der Waals surface area contributed by atoms with E-state index in [2.05, 4.69) is 0 Å². The molecule has 0 spiro atoms. The number of aromatic hydroxyl groups is 1. The number of esters is 2. The van der Waals surface area contributed by atoms with Crippen LogP contribution in [-0.4, -0.2) is 22.8 Å². The fourth-order valence-electron chi connectivity index (χ4n) is 4.55. The molecule has 0 saturated carbocycles. The number of hydrogen-bond acceptors (Lipinski definition) is 6. The quantitative estimate of drug-likeness (QED) is 0.614. The number of benzene rings is 1. The van der Waals surface area contributed by atoms with Crippen LogP contribution in [0.3, 0.4) is 0 Å². The lowest BCUT2D eigenvalue weighted by Crippen LogP contribution is -2.44. The second kappa shape index (κ2) is 4.75. The van der Waals surface area contributed by atoms with Crippen molar-refractivity contribution < 1.29 is 29.0 Å². The van der Waals surface area contributed by atoms with Crippen LogP contribution in [0.5, 0.6) is 11.5 Å². The number of carbonyl (C=O) groups is 3. The van der Waals surface area contributed by atoms with E-state index in [0.29, 0.717) is 22.3 Å². The Morgan fingerprint density at radius 2 is 1.77 bits per heavy atom. The highest BCUT2D eigenvalue weighted by molar-refractivity contribution is 6.16. The summed E-state index contributed by atoms with van der Waals surface area (Å²) in [5.41, 5.74) is -0.210. The Labute approximate surface area is 150 Å². The van der Waals surface area contributed by atoms with Crippen molar-refractivity contribution in [1.29, 1.82) is 0 Å². The third-order valence-corrected chi connectivity index (χ3v) is 5.73. The summed E-state index contributed by atoms with van der Waals surface area (Å²) in [5, 5.41) is 10.7. The molecule has 1 aliphatic carbocycles. The largest absolute Gasteiger partial charge is 0.504 e. The molecule has 1 atom stereocenters. The van der Waals surface area contributed by atoms with Gasteiger partial charge in [-0.2, -0.15) is 0 Å². The summed E-state index contributed by atoms with van der Waals surface area (Å²) in [6.07, 6.45) is -0.0281. The number of fused-ring (bicyclic) bond motifs is 1. The number of rotatable bonds is 1. The van der Waals surface area contributed by atoms with E-state index in [1.165, 1.54) is 0 Å². The topological polar surface area (TPSA) is 89.9 Å². The van der Waals surface area contributed by atoms with Gasteiger partial charge in [-0.15, -0.1) is 0 Å². The number of phenols is 1. The predicted molar refractivity (Wildman–Crippen MR) is 91.0 cm³/mol. The average Bonchev–Trinajstić information content (AvgIpc) is 2.77. The molecule has 136 valence electrons. The molecule has 1 N–H and O–H groups in total. The standard InChI is InChI=1S/C20H20O6/c1-8(2)9-6-10-12-15(13(9)22)25-11(21)7-20(12,5)17-16(14(10)23)26-18(24)19(17,3)4/h6,8,22H,7H2,1-5H3/t20-/m1/s1. The lowest BCUT2D eigenvalue weighted by molar-refractivity contribution is -0.144. The molecule has 0 fully saturated rings. The third kappa shape index (κ3) is 1.79. The molecule has 0 saturated heterocycles. The molecule has 1 aromatic carbocycles. The van der Waals surface area contributed by atoms with Gasteiger partial charge in [-0.3, -0.25) is 14.4 Å². The zero-order valence-corrected chi connectivity index (χ0v) is 15.4. The zero-order chi connectivity index (χ0) is 19.2. The molecule has 0 amide bonds. The number of ether oxygens (including phenoxy) is 2. The van der Waals surface area contributed by atoms with Crippen molar-refractivity contribution in [3.63, 3.8) is 0 Å². The number of allylic oxidation sites excluding steroid dienone is 1. The second-order valence-electron chi connectivity index (χ2n) is 8.25. The molecular formula is C20H20O6. The Balaban J connectivity index is 2.13. The molecule has 2 heterocycles. The molecule has 0 bridgehead atoms. The van der Waals surface area contributed by atoms with Crippen LogP contribution in [0.2, 0.25) is 0 Å². The predicted octanol–water partition coefficient (Wildman–Crippen LogP) is 3.12. The van der Waals surface area contributed by atoms with Gasteiger partial charge in [0.2, 0.25) is 5.78 Å². The van der Waals surface area contributed by atoms with Gasteiger partial charge in [-0.1, -0.05) is 20.8 Å². The fraction of sp³-hybridized carbons (Fsp3) is 0.450. The highest BCUT2D eigenvalue weighted by Gasteiger charge is 2.60. The number of carbonyl (C=O) groups excluding carboxylic acids is 3. The molecule has 0 radical (unpaired) electrons. The summed E-state index contributed by atoms with van der Waals surface area (Å²) >= 11 is 0. The normalized spacial score (nSPS) is 25.8. The van der Waals surface area contributed by atoms with Gasteiger partial charge in [0.1, 0.15) is 0 Å². The van der Waals surface area contributed by atoms with Crippen LogP contribution in [0.4, 0.5) is 0 Å². The fourth-order valence-corrected chi connectivity index (χ4v) is 4.55. The van der Waals surface area contributed by atoms with Gasteiger partial charge in [0, 0.05) is 27.7 Å². The number of phenolic OH excluding ortho intramolecular Hbond substituents is 1. The monoisotopic (exact) mass is 356 g/mol. The highest BCUT2D eigenvalue weighted by atomic mass is 16.6. The summed E-state index contributed by atoms with van der Waals surface area (Å²) in [5.74, 6) is -1.62. The SMILES string of the molecule is CC(C)c1cc2c3c(c1O)OC(=O)C[C@@]3(C)C1=C(OC(=O)C1(C)C)C2=O. The van der Waals surface area contributed by atoms with Crippen molar-refractivity contribution in [3.8, 4) is 11.5 Å².